The summed E-state index contributed by atoms with van der Waals surface area (Å²) in [6, 6.07) is 5.85. The lowest BCUT2D eigenvalue weighted by molar-refractivity contribution is -0.119. The second-order valence-corrected chi connectivity index (χ2v) is 5.46. The van der Waals surface area contributed by atoms with Gasteiger partial charge in [-0.3, -0.25) is 4.79 Å². The molecule has 0 radical (unpaired) electrons. The van der Waals surface area contributed by atoms with Crippen LogP contribution in [0.25, 0.3) is 0 Å². The van der Waals surface area contributed by atoms with Crippen LogP contribution in [0.1, 0.15) is 43.9 Å². The van der Waals surface area contributed by atoms with E-state index in [0.717, 1.165) is 16.8 Å². The van der Waals surface area contributed by atoms with Crippen molar-refractivity contribution in [1.82, 2.24) is 0 Å². The van der Waals surface area contributed by atoms with Gasteiger partial charge < -0.3 is 10.0 Å². The predicted molar refractivity (Wildman–Crippen MR) is 72.6 cm³/mol. The number of aryl methyl sites for hydroxylation is 1. The Balaban J connectivity index is 2.37. The quantitative estimate of drug-likeness (QED) is 0.873. The summed E-state index contributed by atoms with van der Waals surface area (Å²) >= 11 is 0. The summed E-state index contributed by atoms with van der Waals surface area (Å²) in [5.41, 5.74) is 2.86. The molecule has 1 heterocycles. The smallest absolute Gasteiger partial charge is 0.227 e. The molecule has 1 aromatic rings. The van der Waals surface area contributed by atoms with Crippen LogP contribution in [0.2, 0.25) is 0 Å². The van der Waals surface area contributed by atoms with Crippen molar-refractivity contribution >= 4 is 11.6 Å². The Morgan fingerprint density at radius 3 is 2.89 bits per heavy atom. The van der Waals surface area contributed by atoms with Gasteiger partial charge in [-0.2, -0.15) is 0 Å². The molecule has 1 atom stereocenters. The first-order valence-corrected chi connectivity index (χ1v) is 6.58. The lowest BCUT2D eigenvalue weighted by atomic mass is 9.95. The molecule has 1 aliphatic rings. The van der Waals surface area contributed by atoms with Gasteiger partial charge >= 0.3 is 0 Å². The van der Waals surface area contributed by atoms with E-state index in [0.29, 0.717) is 25.3 Å². The minimum atomic E-state index is -0.442. The molecule has 1 aromatic carbocycles. The van der Waals surface area contributed by atoms with Crippen LogP contribution in [-0.4, -0.2) is 17.6 Å². The van der Waals surface area contributed by atoms with Crippen molar-refractivity contribution in [3.05, 3.63) is 29.3 Å². The number of carbonyl (C=O) groups is 1. The monoisotopic (exact) mass is 247 g/mol. The zero-order valence-corrected chi connectivity index (χ0v) is 11.3. The SMILES string of the molecule is Cc1cccc2c1N(C(=O)CC(C)C)CCC2O. The van der Waals surface area contributed by atoms with Crippen LogP contribution in [0, 0.1) is 12.8 Å². The molecule has 1 unspecified atom stereocenters. The first-order chi connectivity index (χ1) is 8.50. The third-order valence-electron chi connectivity index (χ3n) is 3.41. The Kier molecular flexibility index (Phi) is 3.71. The lowest BCUT2D eigenvalue weighted by Gasteiger charge is -2.34. The van der Waals surface area contributed by atoms with Crippen molar-refractivity contribution in [2.75, 3.05) is 11.4 Å². The molecule has 98 valence electrons. The number of anilines is 1. The number of nitrogens with zero attached hydrogens (tertiary/aromatic N) is 1. The zero-order valence-electron chi connectivity index (χ0n) is 11.3. The molecule has 2 rings (SSSR count). The van der Waals surface area contributed by atoms with Crippen LogP contribution in [0.4, 0.5) is 5.69 Å². The van der Waals surface area contributed by atoms with Crippen LogP contribution < -0.4 is 4.90 Å². The van der Waals surface area contributed by atoms with Gasteiger partial charge in [0.2, 0.25) is 5.91 Å². The maximum Gasteiger partial charge on any atom is 0.227 e. The molecule has 1 aliphatic heterocycles. The van der Waals surface area contributed by atoms with E-state index in [1.807, 2.05) is 30.0 Å². The average molecular weight is 247 g/mol. The Labute approximate surface area is 108 Å². The Morgan fingerprint density at radius 1 is 1.50 bits per heavy atom. The second-order valence-electron chi connectivity index (χ2n) is 5.46. The number of hydrogen-bond donors (Lipinski definition) is 1. The summed E-state index contributed by atoms with van der Waals surface area (Å²) < 4.78 is 0. The van der Waals surface area contributed by atoms with E-state index in [9.17, 15) is 9.90 Å². The Morgan fingerprint density at radius 2 is 2.22 bits per heavy atom. The minimum Gasteiger partial charge on any atom is -0.388 e. The molecule has 0 saturated carbocycles. The van der Waals surface area contributed by atoms with E-state index < -0.39 is 6.10 Å². The van der Waals surface area contributed by atoms with Crippen molar-refractivity contribution in [1.29, 1.82) is 0 Å². The molecule has 3 nitrogen and oxygen atoms in total. The van der Waals surface area contributed by atoms with E-state index in [2.05, 4.69) is 13.8 Å². The number of rotatable bonds is 2. The first-order valence-electron chi connectivity index (χ1n) is 6.58. The van der Waals surface area contributed by atoms with Crippen LogP contribution >= 0.6 is 0 Å². The van der Waals surface area contributed by atoms with Gasteiger partial charge in [-0.25, -0.2) is 0 Å². The normalized spacial score (nSPS) is 18.9. The molecule has 0 spiro atoms. The number of amides is 1. The maximum absolute atomic E-state index is 12.3. The van der Waals surface area contributed by atoms with Gasteiger partial charge in [-0.15, -0.1) is 0 Å². The third-order valence-corrected chi connectivity index (χ3v) is 3.41. The number of para-hydroxylation sites is 1. The van der Waals surface area contributed by atoms with E-state index in [4.69, 9.17) is 0 Å². The van der Waals surface area contributed by atoms with Crippen LogP contribution in [-0.2, 0) is 4.79 Å². The number of carbonyl (C=O) groups excluding carboxylic acids is 1. The van der Waals surface area contributed by atoms with Gasteiger partial charge in [0.25, 0.3) is 0 Å². The number of benzene rings is 1. The summed E-state index contributed by atoms with van der Waals surface area (Å²) in [7, 11) is 0. The highest BCUT2D eigenvalue weighted by molar-refractivity contribution is 5.95. The van der Waals surface area contributed by atoms with Gasteiger partial charge in [0.05, 0.1) is 11.8 Å². The van der Waals surface area contributed by atoms with Crippen LogP contribution in [0.3, 0.4) is 0 Å². The van der Waals surface area contributed by atoms with Gasteiger partial charge in [0, 0.05) is 18.5 Å². The van der Waals surface area contributed by atoms with E-state index >= 15 is 0 Å². The summed E-state index contributed by atoms with van der Waals surface area (Å²) in [4.78, 5) is 14.1. The van der Waals surface area contributed by atoms with Crippen molar-refractivity contribution < 1.29 is 9.90 Å². The topological polar surface area (TPSA) is 40.5 Å². The second kappa shape index (κ2) is 5.11. The van der Waals surface area contributed by atoms with Crippen molar-refractivity contribution in [2.24, 2.45) is 5.92 Å². The fraction of sp³-hybridized carbons (Fsp3) is 0.533. The van der Waals surface area contributed by atoms with Crippen LogP contribution in [0.5, 0.6) is 0 Å². The van der Waals surface area contributed by atoms with E-state index in [-0.39, 0.29) is 5.91 Å². The molecule has 0 aliphatic carbocycles. The fourth-order valence-corrected chi connectivity index (χ4v) is 2.55. The highest BCUT2D eigenvalue weighted by Crippen LogP contribution is 2.36. The highest BCUT2D eigenvalue weighted by atomic mass is 16.3. The zero-order chi connectivity index (χ0) is 13.3. The van der Waals surface area contributed by atoms with Gasteiger partial charge in [0.1, 0.15) is 0 Å². The van der Waals surface area contributed by atoms with E-state index in [1.54, 1.807) is 0 Å². The van der Waals surface area contributed by atoms with Crippen LogP contribution in [0.15, 0.2) is 18.2 Å². The first kappa shape index (κ1) is 13.1. The average Bonchev–Trinajstić information content (AvgIpc) is 2.29. The summed E-state index contributed by atoms with van der Waals surface area (Å²) in [5.74, 6) is 0.518. The molecular formula is C15H21NO2. The molecule has 18 heavy (non-hydrogen) atoms. The van der Waals surface area contributed by atoms with Gasteiger partial charge in [-0.05, 0) is 24.8 Å². The van der Waals surface area contributed by atoms with Gasteiger partial charge in [-0.1, -0.05) is 32.0 Å². The number of aliphatic hydroxyl groups is 1. The Bertz CT molecular complexity index is 454. The van der Waals surface area contributed by atoms with Crippen molar-refractivity contribution in [3.8, 4) is 0 Å². The summed E-state index contributed by atoms with van der Waals surface area (Å²) in [6.07, 6.45) is 0.743. The standard InChI is InChI=1S/C15H21NO2/c1-10(2)9-14(18)16-8-7-13(17)12-6-4-5-11(3)15(12)16/h4-6,10,13,17H,7-9H2,1-3H3. The largest absolute Gasteiger partial charge is 0.388 e. The summed E-state index contributed by atoms with van der Waals surface area (Å²) in [6.45, 7) is 6.71. The molecule has 0 fully saturated rings. The molecule has 0 saturated heterocycles. The predicted octanol–water partition coefficient (Wildman–Crippen LogP) is 2.81. The van der Waals surface area contributed by atoms with E-state index in [1.165, 1.54) is 0 Å². The molecule has 0 bridgehead atoms. The number of aliphatic hydroxyl groups excluding tert-OH is 1. The Hall–Kier alpha value is -1.35. The minimum absolute atomic E-state index is 0.160. The number of hydrogen-bond acceptors (Lipinski definition) is 2. The highest BCUT2D eigenvalue weighted by Gasteiger charge is 2.28. The third kappa shape index (κ3) is 2.41. The molecule has 0 aromatic heterocycles. The molecule has 1 amide bonds. The lowest BCUT2D eigenvalue weighted by Crippen LogP contribution is -2.37. The molecule has 3 heteroatoms. The van der Waals surface area contributed by atoms with Gasteiger partial charge in [0.15, 0.2) is 0 Å². The molecular weight excluding hydrogens is 226 g/mol. The molecule has 1 N–H and O–H groups in total. The van der Waals surface area contributed by atoms with Crippen molar-refractivity contribution in [2.45, 2.75) is 39.7 Å². The summed E-state index contributed by atoms with van der Waals surface area (Å²) in [5, 5.41) is 10.0. The maximum atomic E-state index is 12.3. The van der Waals surface area contributed by atoms with Crippen molar-refractivity contribution in [3.63, 3.8) is 0 Å². The fourth-order valence-electron chi connectivity index (χ4n) is 2.55. The number of fused-ring (bicyclic) bond motifs is 1.